The second-order valence-corrected chi connectivity index (χ2v) is 17.3. The maximum Gasteiger partial charge on any atom is 0.259 e. The van der Waals surface area contributed by atoms with Gasteiger partial charge >= 0.3 is 0 Å². The highest BCUT2D eigenvalue weighted by Gasteiger charge is 2.41. The van der Waals surface area contributed by atoms with Gasteiger partial charge in [-0.3, -0.25) is 14.9 Å². The van der Waals surface area contributed by atoms with Crippen LogP contribution in [-0.2, 0) is 4.43 Å². The van der Waals surface area contributed by atoms with E-state index in [0.29, 0.717) is 16.9 Å². The van der Waals surface area contributed by atoms with E-state index < -0.39 is 8.32 Å². The standard InChI is InChI=1S/C32H33N3O4Si/c1-32(2,3)40(5,6)39-19-12-11-17(15-19)35-23-14-13-18(38-4)16-21(23)25-27-26(30(36)34-31(27)37)24-20-9-7-8-10-22(20)33-28(24)29(25)35/h7-14,16-17,19,33H,15H2,1-6H3,(H,34,36,37)/t17?,19-/m1/s1. The fraction of sp³-hybridized carbons (Fsp3) is 0.312. The Bertz CT molecular complexity index is 1940. The largest absolute Gasteiger partial charge is 0.497 e. The first-order valence-electron chi connectivity index (χ1n) is 13.8. The zero-order chi connectivity index (χ0) is 28.1. The molecule has 2 aliphatic rings. The Hall–Kier alpha value is -3.88. The van der Waals surface area contributed by atoms with Crippen molar-refractivity contribution in [2.75, 3.05) is 7.11 Å². The zero-order valence-electron chi connectivity index (χ0n) is 23.6. The van der Waals surface area contributed by atoms with E-state index in [9.17, 15) is 9.59 Å². The molecular formula is C32H33N3O4Si. The summed E-state index contributed by atoms with van der Waals surface area (Å²) in [5.74, 6) is -0.0212. The number of carbonyl (C=O) groups is 2. The third-order valence-corrected chi connectivity index (χ3v) is 13.7. The van der Waals surface area contributed by atoms with Gasteiger partial charge in [-0.25, -0.2) is 0 Å². The average molecular weight is 552 g/mol. The first-order chi connectivity index (χ1) is 19.0. The fourth-order valence-corrected chi connectivity index (χ4v) is 7.54. The third kappa shape index (κ3) is 3.39. The highest BCUT2D eigenvalue weighted by Crippen LogP contribution is 2.47. The molecule has 7 nitrogen and oxygen atoms in total. The van der Waals surface area contributed by atoms with Crippen LogP contribution < -0.4 is 10.1 Å². The van der Waals surface area contributed by atoms with Crippen LogP contribution in [0.3, 0.4) is 0 Å². The Morgan fingerprint density at radius 1 is 0.950 bits per heavy atom. The monoisotopic (exact) mass is 551 g/mol. The highest BCUT2D eigenvalue weighted by molar-refractivity contribution is 6.74. The topological polar surface area (TPSA) is 85.3 Å². The van der Waals surface area contributed by atoms with Crippen LogP contribution in [-0.4, -0.2) is 42.9 Å². The Balaban J connectivity index is 1.54. The predicted molar refractivity (Wildman–Crippen MR) is 162 cm³/mol. The lowest BCUT2D eigenvalue weighted by molar-refractivity contribution is 0.0880. The first-order valence-corrected chi connectivity index (χ1v) is 16.7. The molecule has 5 aromatic rings. The van der Waals surface area contributed by atoms with Crippen LogP contribution in [0.4, 0.5) is 0 Å². The summed E-state index contributed by atoms with van der Waals surface area (Å²) in [6.07, 6.45) is 5.22. The van der Waals surface area contributed by atoms with Gasteiger partial charge in [0, 0.05) is 33.5 Å². The number of H-pyrrole nitrogens is 1. The molecule has 8 heteroatoms. The van der Waals surface area contributed by atoms with Crippen LogP contribution in [0.2, 0.25) is 18.1 Å². The number of ether oxygens (including phenoxy) is 1. The number of carbonyl (C=O) groups excluding carboxylic acids is 2. The number of hydrogen-bond donors (Lipinski definition) is 2. The summed E-state index contributed by atoms with van der Waals surface area (Å²) in [4.78, 5) is 30.3. The number of fused-ring (bicyclic) bond motifs is 10. The molecule has 0 radical (unpaired) electrons. The Labute approximate surface area is 233 Å². The second kappa shape index (κ2) is 8.31. The van der Waals surface area contributed by atoms with Gasteiger partial charge in [-0.15, -0.1) is 0 Å². The number of aromatic nitrogens is 2. The molecule has 3 heterocycles. The molecule has 0 bridgehead atoms. The maximum absolute atomic E-state index is 13.4. The van der Waals surface area contributed by atoms with Crippen molar-refractivity contribution in [2.24, 2.45) is 0 Å². The molecule has 0 spiro atoms. The van der Waals surface area contributed by atoms with E-state index in [0.717, 1.165) is 50.0 Å². The number of hydrogen-bond acceptors (Lipinski definition) is 4. The van der Waals surface area contributed by atoms with Crippen molar-refractivity contribution in [1.29, 1.82) is 0 Å². The minimum atomic E-state index is -1.97. The van der Waals surface area contributed by atoms with Crippen LogP contribution >= 0.6 is 0 Å². The van der Waals surface area contributed by atoms with Crippen molar-refractivity contribution in [3.63, 3.8) is 0 Å². The predicted octanol–water partition coefficient (Wildman–Crippen LogP) is 7.21. The average Bonchev–Trinajstić information content (AvgIpc) is 3.65. The van der Waals surface area contributed by atoms with E-state index in [1.807, 2.05) is 36.4 Å². The molecule has 40 heavy (non-hydrogen) atoms. The number of allylic oxidation sites excluding steroid dienone is 1. The smallest absolute Gasteiger partial charge is 0.259 e. The van der Waals surface area contributed by atoms with Gasteiger partial charge in [-0.1, -0.05) is 51.1 Å². The van der Waals surface area contributed by atoms with Crippen molar-refractivity contribution in [3.8, 4) is 5.75 Å². The lowest BCUT2D eigenvalue weighted by atomic mass is 9.96. The van der Waals surface area contributed by atoms with E-state index in [1.54, 1.807) is 7.11 Å². The number of benzene rings is 3. The number of aromatic amines is 1. The lowest BCUT2D eigenvalue weighted by Crippen LogP contribution is -2.43. The minimum Gasteiger partial charge on any atom is -0.497 e. The van der Waals surface area contributed by atoms with Gasteiger partial charge in [0.15, 0.2) is 8.32 Å². The van der Waals surface area contributed by atoms with Gasteiger partial charge in [-0.05, 0) is 42.4 Å². The summed E-state index contributed by atoms with van der Waals surface area (Å²) in [5.41, 5.74) is 4.56. The second-order valence-electron chi connectivity index (χ2n) is 12.5. The van der Waals surface area contributed by atoms with E-state index in [1.165, 1.54) is 0 Å². The number of methoxy groups -OCH3 is 1. The number of para-hydroxylation sites is 1. The van der Waals surface area contributed by atoms with Gasteiger partial charge in [0.2, 0.25) is 0 Å². The van der Waals surface area contributed by atoms with Crippen LogP contribution in [0.1, 0.15) is 53.9 Å². The van der Waals surface area contributed by atoms with E-state index >= 15 is 0 Å². The summed E-state index contributed by atoms with van der Waals surface area (Å²) in [6, 6.07) is 13.9. The molecule has 204 valence electrons. The maximum atomic E-state index is 13.4. The third-order valence-electron chi connectivity index (χ3n) is 9.19. The molecule has 7 rings (SSSR count). The summed E-state index contributed by atoms with van der Waals surface area (Å²) < 4.78 is 14.7. The van der Waals surface area contributed by atoms with Crippen LogP contribution in [0.25, 0.3) is 43.6 Å². The van der Waals surface area contributed by atoms with E-state index in [4.69, 9.17) is 9.16 Å². The first kappa shape index (κ1) is 25.1. The van der Waals surface area contributed by atoms with E-state index in [-0.39, 0.29) is 29.0 Å². The number of nitrogens with one attached hydrogen (secondary N) is 2. The Morgan fingerprint density at radius 3 is 2.40 bits per heavy atom. The van der Waals surface area contributed by atoms with Gasteiger partial charge in [0.25, 0.3) is 11.8 Å². The summed E-state index contributed by atoms with van der Waals surface area (Å²) in [7, 11) is -0.336. The van der Waals surface area contributed by atoms with Crippen LogP contribution in [0.5, 0.6) is 5.75 Å². The molecule has 2 amide bonds. The van der Waals surface area contributed by atoms with Crippen molar-refractivity contribution in [2.45, 2.75) is 57.5 Å². The molecular weight excluding hydrogens is 518 g/mol. The minimum absolute atomic E-state index is 0.00847. The van der Waals surface area contributed by atoms with Crippen molar-refractivity contribution < 1.29 is 18.8 Å². The van der Waals surface area contributed by atoms with Crippen molar-refractivity contribution in [1.82, 2.24) is 14.9 Å². The molecule has 1 aliphatic carbocycles. The van der Waals surface area contributed by atoms with Gasteiger partial charge in [-0.2, -0.15) is 0 Å². The Morgan fingerprint density at radius 2 is 1.68 bits per heavy atom. The molecule has 2 atom stereocenters. The highest BCUT2D eigenvalue weighted by atomic mass is 28.4. The Kier molecular flexibility index (Phi) is 5.22. The number of amides is 2. The molecule has 1 unspecified atom stereocenters. The van der Waals surface area contributed by atoms with Gasteiger partial charge in [0.05, 0.1) is 46.9 Å². The normalized spacial score (nSPS) is 19.4. The molecule has 0 saturated carbocycles. The summed E-state index contributed by atoms with van der Waals surface area (Å²) in [6.45, 7) is 11.3. The van der Waals surface area contributed by atoms with Crippen molar-refractivity contribution >= 4 is 63.7 Å². The lowest BCUT2D eigenvalue weighted by Gasteiger charge is -2.38. The van der Waals surface area contributed by atoms with Gasteiger partial charge < -0.3 is 18.7 Å². The van der Waals surface area contributed by atoms with Crippen LogP contribution in [0, 0.1) is 0 Å². The summed E-state index contributed by atoms with van der Waals surface area (Å²) >= 11 is 0. The molecule has 2 N–H and O–H groups in total. The SMILES string of the molecule is COc1ccc2c(c1)c1c3c(c4c5ccccc5[nH]c4c1n2C1C=C[C@@H](O[Si](C)(C)C(C)(C)C)C1)C(=O)NC3=O. The fourth-order valence-electron chi connectivity index (χ4n) is 6.26. The number of rotatable bonds is 4. The zero-order valence-corrected chi connectivity index (χ0v) is 24.6. The van der Waals surface area contributed by atoms with Crippen LogP contribution in [0.15, 0.2) is 54.6 Å². The number of imide groups is 1. The van der Waals surface area contributed by atoms with Crippen molar-refractivity contribution in [3.05, 3.63) is 65.7 Å². The molecule has 0 fully saturated rings. The van der Waals surface area contributed by atoms with E-state index in [2.05, 4.69) is 67.0 Å². The van der Waals surface area contributed by atoms with Gasteiger partial charge in [0.1, 0.15) is 5.75 Å². The molecule has 0 saturated heterocycles. The molecule has 2 aromatic heterocycles. The molecule has 3 aromatic carbocycles. The quantitative estimate of drug-likeness (QED) is 0.140. The number of nitrogens with zero attached hydrogens (tertiary/aromatic N) is 1. The summed E-state index contributed by atoms with van der Waals surface area (Å²) in [5, 5.41) is 6.06. The molecule has 1 aliphatic heterocycles.